The van der Waals surface area contributed by atoms with E-state index in [2.05, 4.69) is 5.92 Å². The number of rotatable bonds is 1. The zero-order chi connectivity index (χ0) is 6.74. The van der Waals surface area contributed by atoms with Gasteiger partial charge in [0, 0.05) is 6.92 Å². The molecule has 9 heavy (non-hydrogen) atoms. The van der Waals surface area contributed by atoms with E-state index in [1.54, 1.807) is 6.92 Å². The predicted molar refractivity (Wildman–Crippen MR) is 33.2 cm³/mol. The molecule has 0 N–H and O–H groups in total. The van der Waals surface area contributed by atoms with Crippen LogP contribution >= 0.6 is 0 Å². The minimum absolute atomic E-state index is 0.472. The lowest BCUT2D eigenvalue weighted by atomic mass is 10.2. The molecule has 0 atom stereocenters. The maximum Gasteiger partial charge on any atom is 0.257 e. The Bertz CT molecular complexity index is 156. The van der Waals surface area contributed by atoms with Crippen molar-refractivity contribution in [1.29, 1.82) is 0 Å². The van der Waals surface area contributed by atoms with Crippen LogP contribution < -0.4 is 0 Å². The van der Waals surface area contributed by atoms with Crippen LogP contribution in [0.2, 0.25) is 0 Å². The summed E-state index contributed by atoms with van der Waals surface area (Å²) in [7, 11) is 0. The Balaban J connectivity index is 2.47. The van der Waals surface area contributed by atoms with Gasteiger partial charge in [-0.2, -0.15) is 0 Å². The highest BCUT2D eigenvalue weighted by Gasteiger charge is 2.27. The van der Waals surface area contributed by atoms with Gasteiger partial charge in [0.15, 0.2) is 0 Å². The third-order valence-corrected chi connectivity index (χ3v) is 1.11. The van der Waals surface area contributed by atoms with Gasteiger partial charge in [-0.05, 0) is 0 Å². The van der Waals surface area contributed by atoms with Crippen molar-refractivity contribution in [2.75, 3.05) is 0 Å². The largest absolute Gasteiger partial charge is 0.456 e. The lowest BCUT2D eigenvalue weighted by molar-refractivity contribution is -0.120. The third-order valence-electron chi connectivity index (χ3n) is 1.11. The quantitative estimate of drug-likeness (QED) is 0.490. The Morgan fingerprint density at radius 3 is 2.56 bits per heavy atom. The van der Waals surface area contributed by atoms with Crippen molar-refractivity contribution in [3.05, 3.63) is 12.5 Å². The second kappa shape index (κ2) is 2.02. The third kappa shape index (κ3) is 1.17. The minimum Gasteiger partial charge on any atom is -0.456 e. The van der Waals surface area contributed by atoms with Crippen LogP contribution in [-0.2, 0) is 9.47 Å². The van der Waals surface area contributed by atoms with Crippen LogP contribution in [0.4, 0.5) is 0 Å². The molecule has 1 aliphatic rings. The number of ether oxygens (including phenoxy) is 2. The Morgan fingerprint density at radius 2 is 2.11 bits per heavy atom. The molecule has 0 bridgehead atoms. The second-order valence-electron chi connectivity index (χ2n) is 2.02. The zero-order valence-corrected chi connectivity index (χ0v) is 5.26. The highest BCUT2D eigenvalue weighted by Crippen LogP contribution is 2.22. The molecule has 1 heterocycles. The van der Waals surface area contributed by atoms with Crippen LogP contribution in [-0.4, -0.2) is 5.79 Å². The van der Waals surface area contributed by atoms with E-state index in [0.29, 0.717) is 6.42 Å². The van der Waals surface area contributed by atoms with Gasteiger partial charge >= 0.3 is 0 Å². The van der Waals surface area contributed by atoms with E-state index in [0.717, 1.165) is 0 Å². The molecule has 1 aliphatic heterocycles. The fourth-order valence-corrected chi connectivity index (χ4v) is 0.640. The predicted octanol–water partition coefficient (Wildman–Crippen LogP) is 1.24. The Morgan fingerprint density at radius 1 is 1.56 bits per heavy atom. The van der Waals surface area contributed by atoms with Crippen molar-refractivity contribution in [2.24, 2.45) is 0 Å². The smallest absolute Gasteiger partial charge is 0.257 e. The Kier molecular flexibility index (Phi) is 1.35. The van der Waals surface area contributed by atoms with E-state index < -0.39 is 5.79 Å². The van der Waals surface area contributed by atoms with Gasteiger partial charge in [-0.15, -0.1) is 6.42 Å². The summed E-state index contributed by atoms with van der Waals surface area (Å²) in [5, 5.41) is 0. The summed E-state index contributed by atoms with van der Waals surface area (Å²) in [5.41, 5.74) is 0. The SMILES string of the molecule is C#CCC1(C)OC=CO1. The topological polar surface area (TPSA) is 18.5 Å². The fourth-order valence-electron chi connectivity index (χ4n) is 0.640. The van der Waals surface area contributed by atoms with Gasteiger partial charge in [0.05, 0.1) is 6.42 Å². The van der Waals surface area contributed by atoms with Crippen LogP contribution in [0.25, 0.3) is 0 Å². The van der Waals surface area contributed by atoms with Crippen molar-refractivity contribution in [2.45, 2.75) is 19.1 Å². The molecular weight excluding hydrogens is 116 g/mol. The van der Waals surface area contributed by atoms with Crippen LogP contribution in [0.5, 0.6) is 0 Å². The van der Waals surface area contributed by atoms with Gasteiger partial charge in [-0.25, -0.2) is 0 Å². The molecule has 0 aliphatic carbocycles. The van der Waals surface area contributed by atoms with Crippen molar-refractivity contribution >= 4 is 0 Å². The van der Waals surface area contributed by atoms with Gasteiger partial charge in [-0.1, -0.05) is 5.92 Å². The monoisotopic (exact) mass is 124 g/mol. The Hall–Kier alpha value is -1.10. The molecule has 0 unspecified atom stereocenters. The van der Waals surface area contributed by atoms with Crippen molar-refractivity contribution in [3.63, 3.8) is 0 Å². The molecule has 0 aromatic rings. The van der Waals surface area contributed by atoms with Gasteiger partial charge in [-0.3, -0.25) is 0 Å². The van der Waals surface area contributed by atoms with E-state index in [-0.39, 0.29) is 0 Å². The van der Waals surface area contributed by atoms with Crippen molar-refractivity contribution in [1.82, 2.24) is 0 Å². The molecule has 0 saturated heterocycles. The lowest BCUT2D eigenvalue weighted by Crippen LogP contribution is -2.23. The molecule has 0 radical (unpaired) electrons. The minimum atomic E-state index is -0.602. The second-order valence-corrected chi connectivity index (χ2v) is 2.02. The highest BCUT2D eigenvalue weighted by atomic mass is 16.7. The van der Waals surface area contributed by atoms with Crippen molar-refractivity contribution in [3.8, 4) is 12.3 Å². The van der Waals surface area contributed by atoms with Crippen LogP contribution in [0.3, 0.4) is 0 Å². The summed E-state index contributed by atoms with van der Waals surface area (Å²) in [6, 6.07) is 0. The van der Waals surface area contributed by atoms with Gasteiger partial charge in [0.25, 0.3) is 5.79 Å². The molecule has 0 aromatic heterocycles. The average molecular weight is 124 g/mol. The van der Waals surface area contributed by atoms with E-state index in [1.165, 1.54) is 12.5 Å². The molecular formula is C7H8O2. The molecule has 1 rings (SSSR count). The standard InChI is InChI=1S/C7H8O2/c1-3-4-7(2)8-5-6-9-7/h1,5-6H,4H2,2H3. The normalized spacial score (nSPS) is 20.0. The van der Waals surface area contributed by atoms with Crippen LogP contribution in [0.15, 0.2) is 12.5 Å². The molecule has 0 fully saturated rings. The van der Waals surface area contributed by atoms with Crippen LogP contribution in [0, 0.1) is 12.3 Å². The van der Waals surface area contributed by atoms with Gasteiger partial charge < -0.3 is 9.47 Å². The summed E-state index contributed by atoms with van der Waals surface area (Å²) in [6.07, 6.45) is 8.52. The zero-order valence-electron chi connectivity index (χ0n) is 5.26. The first kappa shape index (κ1) is 6.03. The van der Waals surface area contributed by atoms with E-state index in [4.69, 9.17) is 15.9 Å². The van der Waals surface area contributed by atoms with Crippen molar-refractivity contribution < 1.29 is 9.47 Å². The number of hydrogen-bond acceptors (Lipinski definition) is 2. The molecule has 0 amide bonds. The molecule has 2 nitrogen and oxygen atoms in total. The van der Waals surface area contributed by atoms with E-state index >= 15 is 0 Å². The first-order valence-corrected chi connectivity index (χ1v) is 2.71. The summed E-state index contributed by atoms with van der Waals surface area (Å²) in [5.74, 6) is 1.86. The molecule has 48 valence electrons. The first-order chi connectivity index (χ1) is 4.27. The van der Waals surface area contributed by atoms with Gasteiger partial charge in [0.2, 0.25) is 0 Å². The maximum atomic E-state index is 5.06. The summed E-state index contributed by atoms with van der Waals surface area (Å²) in [6.45, 7) is 1.80. The molecule has 0 aromatic carbocycles. The van der Waals surface area contributed by atoms with Crippen LogP contribution in [0.1, 0.15) is 13.3 Å². The fraction of sp³-hybridized carbons (Fsp3) is 0.429. The summed E-state index contributed by atoms with van der Waals surface area (Å²) >= 11 is 0. The number of hydrogen-bond donors (Lipinski definition) is 0. The lowest BCUT2D eigenvalue weighted by Gasteiger charge is -2.19. The summed E-state index contributed by atoms with van der Waals surface area (Å²) < 4.78 is 10.1. The van der Waals surface area contributed by atoms with E-state index in [1.807, 2.05) is 0 Å². The summed E-state index contributed by atoms with van der Waals surface area (Å²) in [4.78, 5) is 0. The first-order valence-electron chi connectivity index (χ1n) is 2.71. The highest BCUT2D eigenvalue weighted by molar-refractivity contribution is 4.93. The average Bonchev–Trinajstić information content (AvgIpc) is 2.16. The molecule has 0 spiro atoms. The molecule has 0 saturated carbocycles. The number of terminal acetylenes is 1. The van der Waals surface area contributed by atoms with E-state index in [9.17, 15) is 0 Å². The Labute approximate surface area is 54.5 Å². The van der Waals surface area contributed by atoms with Gasteiger partial charge in [0.1, 0.15) is 12.5 Å². The maximum absolute atomic E-state index is 5.06. The molecule has 2 heteroatoms.